The molecule has 0 amide bonds. The molecule has 5 unspecified atom stereocenters. The summed E-state index contributed by atoms with van der Waals surface area (Å²) >= 11 is 0. The fourth-order valence-corrected chi connectivity index (χ4v) is 7.08. The Labute approximate surface area is 222 Å². The second-order valence-electron chi connectivity index (χ2n) is 11.3. The number of rotatable bonds is 7. The van der Waals surface area contributed by atoms with E-state index in [0.717, 1.165) is 44.1 Å². The summed E-state index contributed by atoms with van der Waals surface area (Å²) in [5, 5.41) is 13.3. The maximum atomic E-state index is 13.8. The summed E-state index contributed by atoms with van der Waals surface area (Å²) in [7, 11) is 0. The number of carboxylic acids is 1. The van der Waals surface area contributed by atoms with Crippen molar-refractivity contribution in [2.75, 3.05) is 4.90 Å². The van der Waals surface area contributed by atoms with E-state index in [9.17, 15) is 23.1 Å². The largest absolute Gasteiger partial charge is 0.478 e. The molecule has 4 aliphatic rings. The molecule has 1 spiro atoms. The molecule has 0 aromatic carbocycles. The maximum absolute atomic E-state index is 13.8. The Kier molecular flexibility index (Phi) is 5.36. The Hall–Kier alpha value is -3.47. The number of aromatic nitrogens is 3. The number of anilines is 1. The highest BCUT2D eigenvalue weighted by molar-refractivity contribution is 5.87. The van der Waals surface area contributed by atoms with Gasteiger partial charge in [-0.2, -0.15) is 13.2 Å². The quantitative estimate of drug-likeness (QED) is 0.408. The van der Waals surface area contributed by atoms with E-state index in [-0.39, 0.29) is 52.9 Å². The smallest absolute Gasteiger partial charge is 0.434 e. The van der Waals surface area contributed by atoms with Crippen LogP contribution in [0, 0.1) is 11.8 Å². The summed E-state index contributed by atoms with van der Waals surface area (Å²) in [4.78, 5) is 21.7. The summed E-state index contributed by atoms with van der Waals surface area (Å²) in [6.45, 7) is 2.29. The van der Waals surface area contributed by atoms with Gasteiger partial charge in [0.05, 0.1) is 23.8 Å². The number of aromatic carboxylic acids is 1. The van der Waals surface area contributed by atoms with Crippen LogP contribution >= 0.6 is 0 Å². The van der Waals surface area contributed by atoms with E-state index in [4.69, 9.17) is 9.26 Å². The minimum Gasteiger partial charge on any atom is -0.478 e. The molecule has 2 aliphatic heterocycles. The summed E-state index contributed by atoms with van der Waals surface area (Å²) < 4.78 is 53.4. The van der Waals surface area contributed by atoms with Crippen molar-refractivity contribution in [2.45, 2.75) is 75.4 Å². The Morgan fingerprint density at radius 3 is 2.74 bits per heavy atom. The Morgan fingerprint density at radius 1 is 1.23 bits per heavy atom. The molecule has 4 fully saturated rings. The number of pyridine rings is 2. The third-order valence-electron chi connectivity index (χ3n) is 9.12. The Morgan fingerprint density at radius 2 is 2.05 bits per heavy atom. The lowest BCUT2D eigenvalue weighted by atomic mass is 9.84. The standard InChI is InChI=1S/C28H27F3N4O4/c1-14-21(10-18-9-17-11-27(14,17)35(18)22-7-6-16(12-33-22)26(36)37)38-13-20-23(34-39-24(20)15-4-5-15)19-3-2-8-32-25(19)28(29,30)31/h2-3,6-8,12,14-15,17-18,21H,4-5,9-11,13H2,1H3,(H,36,37). The van der Waals surface area contributed by atoms with Crippen molar-refractivity contribution in [2.24, 2.45) is 11.8 Å². The molecule has 7 rings (SSSR count). The van der Waals surface area contributed by atoms with E-state index in [1.165, 1.54) is 18.3 Å². The van der Waals surface area contributed by atoms with E-state index in [2.05, 4.69) is 26.9 Å². The van der Waals surface area contributed by atoms with Crippen LogP contribution in [-0.4, -0.2) is 43.9 Å². The van der Waals surface area contributed by atoms with Crippen molar-refractivity contribution in [3.05, 3.63) is 59.2 Å². The lowest BCUT2D eigenvalue weighted by Gasteiger charge is -2.47. The number of ether oxygens (including phenoxy) is 1. The number of hydrogen-bond acceptors (Lipinski definition) is 7. The molecule has 2 bridgehead atoms. The zero-order valence-corrected chi connectivity index (χ0v) is 21.2. The van der Waals surface area contributed by atoms with Gasteiger partial charge in [-0.05, 0) is 62.3 Å². The molecule has 1 N–H and O–H groups in total. The van der Waals surface area contributed by atoms with Crippen LogP contribution in [0.1, 0.15) is 72.3 Å². The summed E-state index contributed by atoms with van der Waals surface area (Å²) in [6, 6.07) is 6.43. The molecule has 3 aromatic heterocycles. The fraction of sp³-hybridized carbons (Fsp3) is 0.500. The van der Waals surface area contributed by atoms with Crippen LogP contribution in [0.15, 0.2) is 41.2 Å². The predicted molar refractivity (Wildman–Crippen MR) is 132 cm³/mol. The number of alkyl halides is 3. The molecule has 2 saturated heterocycles. The van der Waals surface area contributed by atoms with E-state index in [1.54, 1.807) is 12.1 Å². The number of hydrogen-bond donors (Lipinski definition) is 1. The molecule has 3 aromatic rings. The monoisotopic (exact) mass is 540 g/mol. The minimum atomic E-state index is -4.62. The molecule has 5 heterocycles. The van der Waals surface area contributed by atoms with Gasteiger partial charge in [-0.1, -0.05) is 12.1 Å². The van der Waals surface area contributed by atoms with Crippen molar-refractivity contribution in [3.8, 4) is 11.3 Å². The number of fused-ring (bicyclic) bond motifs is 1. The first-order valence-electron chi connectivity index (χ1n) is 13.3. The predicted octanol–water partition coefficient (Wildman–Crippen LogP) is 5.69. The molecule has 2 aliphatic carbocycles. The van der Waals surface area contributed by atoms with Crippen molar-refractivity contribution in [1.29, 1.82) is 0 Å². The number of carbonyl (C=O) groups is 1. The molecular weight excluding hydrogens is 513 g/mol. The van der Waals surface area contributed by atoms with Gasteiger partial charge in [-0.3, -0.25) is 4.98 Å². The average molecular weight is 541 g/mol. The van der Waals surface area contributed by atoms with E-state index >= 15 is 0 Å². The SMILES string of the molecule is CC1C(OCc2c(-c3cccnc3C(F)(F)F)noc2C2CC2)CC2CC3CC31N2c1ccc(C(=O)O)cn1. The third kappa shape index (κ3) is 3.84. The van der Waals surface area contributed by atoms with Crippen LogP contribution in [0.3, 0.4) is 0 Å². The highest BCUT2D eigenvalue weighted by Crippen LogP contribution is 2.67. The Balaban J connectivity index is 1.15. The minimum absolute atomic E-state index is 0.0946. The van der Waals surface area contributed by atoms with Crippen LogP contribution in [0.5, 0.6) is 0 Å². The number of piperidine rings is 2. The molecule has 11 heteroatoms. The van der Waals surface area contributed by atoms with E-state index in [1.807, 2.05) is 0 Å². The van der Waals surface area contributed by atoms with Gasteiger partial charge in [0.15, 0.2) is 5.69 Å². The molecule has 0 radical (unpaired) electrons. The molecule has 5 atom stereocenters. The highest BCUT2D eigenvalue weighted by atomic mass is 19.4. The molecule has 2 saturated carbocycles. The van der Waals surface area contributed by atoms with Gasteiger partial charge >= 0.3 is 12.1 Å². The zero-order chi connectivity index (χ0) is 27.1. The topological polar surface area (TPSA) is 102 Å². The van der Waals surface area contributed by atoms with Crippen LogP contribution in [0.4, 0.5) is 19.0 Å². The first-order chi connectivity index (χ1) is 18.7. The van der Waals surface area contributed by atoms with Crippen LogP contribution in [0.2, 0.25) is 0 Å². The molecule has 204 valence electrons. The van der Waals surface area contributed by atoms with Gasteiger partial charge in [0.1, 0.15) is 17.3 Å². The number of carboxylic acid groups (broad SMARTS) is 1. The Bertz CT molecular complexity index is 1440. The normalized spacial score (nSPS) is 29.4. The molecule has 39 heavy (non-hydrogen) atoms. The van der Waals surface area contributed by atoms with Gasteiger partial charge in [0.2, 0.25) is 0 Å². The zero-order valence-electron chi connectivity index (χ0n) is 21.2. The van der Waals surface area contributed by atoms with Gasteiger partial charge < -0.3 is 19.3 Å². The van der Waals surface area contributed by atoms with Crippen molar-refractivity contribution < 1.29 is 32.3 Å². The van der Waals surface area contributed by atoms with Crippen molar-refractivity contribution in [1.82, 2.24) is 15.1 Å². The summed E-state index contributed by atoms with van der Waals surface area (Å²) in [5.74, 6) is 1.21. The lowest BCUT2D eigenvalue weighted by molar-refractivity contribution is -0.140. The van der Waals surface area contributed by atoms with E-state index < -0.39 is 17.8 Å². The van der Waals surface area contributed by atoms with E-state index in [0.29, 0.717) is 17.2 Å². The second kappa shape index (κ2) is 8.51. The average Bonchev–Trinajstić information content (AvgIpc) is 3.82. The lowest BCUT2D eigenvalue weighted by Crippen LogP contribution is -2.55. The van der Waals surface area contributed by atoms with Crippen LogP contribution in [0.25, 0.3) is 11.3 Å². The van der Waals surface area contributed by atoms with Gasteiger partial charge in [0, 0.05) is 41.4 Å². The first-order valence-corrected chi connectivity index (χ1v) is 13.3. The third-order valence-corrected chi connectivity index (χ3v) is 9.12. The van der Waals surface area contributed by atoms with Crippen LogP contribution in [-0.2, 0) is 17.5 Å². The molecule has 8 nitrogen and oxygen atoms in total. The van der Waals surface area contributed by atoms with Crippen molar-refractivity contribution >= 4 is 11.8 Å². The van der Waals surface area contributed by atoms with Gasteiger partial charge in [-0.25, -0.2) is 9.78 Å². The van der Waals surface area contributed by atoms with Crippen LogP contribution < -0.4 is 4.90 Å². The van der Waals surface area contributed by atoms with Gasteiger partial charge in [-0.15, -0.1) is 0 Å². The number of nitrogens with zero attached hydrogens (tertiary/aromatic N) is 4. The molecular formula is C28H27F3N4O4. The highest BCUT2D eigenvalue weighted by Gasteiger charge is 2.71. The maximum Gasteiger partial charge on any atom is 0.434 e. The second-order valence-corrected chi connectivity index (χ2v) is 11.3. The summed E-state index contributed by atoms with van der Waals surface area (Å²) in [6.07, 6.45) is 2.43. The number of halogens is 3. The summed E-state index contributed by atoms with van der Waals surface area (Å²) in [5.41, 5.74) is -0.305. The first kappa shape index (κ1) is 24.6. The fourth-order valence-electron chi connectivity index (χ4n) is 7.08. The van der Waals surface area contributed by atoms with Crippen molar-refractivity contribution in [3.63, 3.8) is 0 Å². The van der Waals surface area contributed by atoms with Gasteiger partial charge in [0.25, 0.3) is 0 Å².